The lowest BCUT2D eigenvalue weighted by Crippen LogP contribution is -2.33. The second kappa shape index (κ2) is 9.23. The zero-order valence-corrected chi connectivity index (χ0v) is 19.7. The number of para-hydroxylation sites is 2. The number of aryl methyl sites for hydroxylation is 1. The number of aliphatic imine (C=N–C) groups is 1. The molecule has 3 heterocycles. The highest BCUT2D eigenvalue weighted by Crippen LogP contribution is 2.32. The average molecular weight is 463 g/mol. The molecule has 2 aromatic carbocycles. The smallest absolute Gasteiger partial charge is 0.182 e. The van der Waals surface area contributed by atoms with Gasteiger partial charge < -0.3 is 18.8 Å². The Bertz CT molecular complexity index is 1220. The summed E-state index contributed by atoms with van der Waals surface area (Å²) in [5.41, 5.74) is 8.48. The van der Waals surface area contributed by atoms with E-state index in [-0.39, 0.29) is 6.10 Å². The molecule has 0 bridgehead atoms. The van der Waals surface area contributed by atoms with Crippen molar-refractivity contribution in [1.29, 1.82) is 0 Å². The molecular formula is C25H26N4O3S. The van der Waals surface area contributed by atoms with Gasteiger partial charge in [-0.3, -0.25) is 5.43 Å². The third kappa shape index (κ3) is 4.57. The van der Waals surface area contributed by atoms with Crippen LogP contribution >= 0.6 is 11.8 Å². The number of nitrogens with one attached hydrogen (secondary N) is 1. The Hall–Kier alpha value is -3.39. The quantitative estimate of drug-likeness (QED) is 0.596. The molecule has 0 radical (unpaired) electrons. The van der Waals surface area contributed by atoms with Gasteiger partial charge in [0, 0.05) is 22.7 Å². The average Bonchev–Trinajstić information content (AvgIpc) is 3.13. The van der Waals surface area contributed by atoms with Gasteiger partial charge in [0.15, 0.2) is 22.8 Å². The number of thioether (sulfide) groups is 1. The number of ether oxygens (including phenoxy) is 3. The second-order valence-corrected chi connectivity index (χ2v) is 8.93. The third-order valence-corrected chi connectivity index (χ3v) is 6.65. The SMILES string of the molecule is COc1ccc(N=C2NN=C(c3cc(C)n(CC4COc5ccccc5O4)c3C)CS2)cc1. The highest BCUT2D eigenvalue weighted by molar-refractivity contribution is 8.14. The monoisotopic (exact) mass is 462 g/mol. The Morgan fingerprint density at radius 2 is 1.94 bits per heavy atom. The molecule has 8 heteroatoms. The number of amidine groups is 1. The molecule has 0 amide bonds. The Morgan fingerprint density at radius 1 is 1.15 bits per heavy atom. The van der Waals surface area contributed by atoms with Crippen LogP contribution in [0.4, 0.5) is 5.69 Å². The number of nitrogens with zero attached hydrogens (tertiary/aromatic N) is 3. The van der Waals surface area contributed by atoms with Crippen LogP contribution in [0.15, 0.2) is 64.7 Å². The highest BCUT2D eigenvalue weighted by Gasteiger charge is 2.24. The van der Waals surface area contributed by atoms with Crippen molar-refractivity contribution >= 4 is 28.3 Å². The Morgan fingerprint density at radius 3 is 2.67 bits per heavy atom. The molecule has 0 saturated heterocycles. The van der Waals surface area contributed by atoms with Crippen LogP contribution in [-0.2, 0) is 6.54 Å². The molecule has 0 fully saturated rings. The van der Waals surface area contributed by atoms with Gasteiger partial charge in [0.2, 0.25) is 0 Å². The fourth-order valence-electron chi connectivity index (χ4n) is 4.02. The van der Waals surface area contributed by atoms with Gasteiger partial charge in [0.1, 0.15) is 12.4 Å². The molecule has 0 spiro atoms. The van der Waals surface area contributed by atoms with E-state index in [0.717, 1.165) is 51.7 Å². The van der Waals surface area contributed by atoms with Crippen LogP contribution in [0.5, 0.6) is 17.2 Å². The van der Waals surface area contributed by atoms with Crippen molar-refractivity contribution in [3.63, 3.8) is 0 Å². The van der Waals surface area contributed by atoms with Gasteiger partial charge in [-0.2, -0.15) is 5.10 Å². The summed E-state index contributed by atoms with van der Waals surface area (Å²) in [5.74, 6) is 3.18. The van der Waals surface area contributed by atoms with Gasteiger partial charge in [-0.1, -0.05) is 23.9 Å². The summed E-state index contributed by atoms with van der Waals surface area (Å²) >= 11 is 1.65. The number of methoxy groups -OCH3 is 1. The minimum atomic E-state index is -0.0402. The topological polar surface area (TPSA) is 69.4 Å². The predicted molar refractivity (Wildman–Crippen MR) is 132 cm³/mol. The summed E-state index contributed by atoms with van der Waals surface area (Å²) in [4.78, 5) is 4.63. The number of rotatable bonds is 5. The summed E-state index contributed by atoms with van der Waals surface area (Å²) in [6, 6.07) is 17.7. The maximum atomic E-state index is 6.17. The van der Waals surface area contributed by atoms with Crippen LogP contribution in [0, 0.1) is 13.8 Å². The number of hydrazone groups is 1. The van der Waals surface area contributed by atoms with Crippen LogP contribution in [-0.4, -0.2) is 41.0 Å². The molecule has 0 saturated carbocycles. The molecule has 1 aromatic heterocycles. The number of fused-ring (bicyclic) bond motifs is 1. The van der Waals surface area contributed by atoms with Gasteiger partial charge in [0.25, 0.3) is 0 Å². The minimum absolute atomic E-state index is 0.0402. The minimum Gasteiger partial charge on any atom is -0.497 e. The lowest BCUT2D eigenvalue weighted by Gasteiger charge is -2.27. The van der Waals surface area contributed by atoms with Crippen LogP contribution in [0.3, 0.4) is 0 Å². The largest absolute Gasteiger partial charge is 0.497 e. The first-order valence-electron chi connectivity index (χ1n) is 10.8. The first-order valence-corrected chi connectivity index (χ1v) is 11.8. The van der Waals surface area contributed by atoms with E-state index in [4.69, 9.17) is 14.2 Å². The summed E-state index contributed by atoms with van der Waals surface area (Å²) < 4.78 is 19.5. The second-order valence-electron chi connectivity index (χ2n) is 7.97. The van der Waals surface area contributed by atoms with Gasteiger partial charge in [0.05, 0.1) is 25.1 Å². The zero-order valence-electron chi connectivity index (χ0n) is 18.9. The zero-order chi connectivity index (χ0) is 22.8. The first kappa shape index (κ1) is 21.5. The molecule has 170 valence electrons. The van der Waals surface area contributed by atoms with Gasteiger partial charge in [-0.05, 0) is 56.3 Å². The summed E-state index contributed by atoms with van der Waals surface area (Å²) in [5, 5.41) is 5.41. The maximum Gasteiger partial charge on any atom is 0.182 e. The fraction of sp³-hybridized carbons (Fsp3) is 0.280. The molecule has 1 atom stereocenters. The molecule has 3 aromatic rings. The van der Waals surface area contributed by atoms with Crippen LogP contribution in [0.1, 0.15) is 17.0 Å². The fourth-order valence-corrected chi connectivity index (χ4v) is 4.79. The van der Waals surface area contributed by atoms with E-state index in [1.54, 1.807) is 18.9 Å². The highest BCUT2D eigenvalue weighted by atomic mass is 32.2. The molecule has 1 N–H and O–H groups in total. The van der Waals surface area contributed by atoms with Crippen molar-refractivity contribution in [3.8, 4) is 17.2 Å². The molecule has 2 aliphatic heterocycles. The Kier molecular flexibility index (Phi) is 6.00. The lowest BCUT2D eigenvalue weighted by molar-refractivity contribution is 0.0778. The van der Waals surface area contributed by atoms with Crippen molar-refractivity contribution in [1.82, 2.24) is 9.99 Å². The van der Waals surface area contributed by atoms with Gasteiger partial charge in [-0.15, -0.1) is 0 Å². The van der Waals surface area contributed by atoms with Crippen molar-refractivity contribution < 1.29 is 14.2 Å². The third-order valence-electron chi connectivity index (χ3n) is 5.77. The van der Waals surface area contributed by atoms with E-state index in [2.05, 4.69) is 40.0 Å². The van der Waals surface area contributed by atoms with E-state index >= 15 is 0 Å². The van der Waals surface area contributed by atoms with E-state index in [0.29, 0.717) is 6.61 Å². The van der Waals surface area contributed by atoms with E-state index in [9.17, 15) is 0 Å². The van der Waals surface area contributed by atoms with Crippen molar-refractivity contribution in [3.05, 3.63) is 71.5 Å². The first-order chi connectivity index (χ1) is 16.1. The van der Waals surface area contributed by atoms with Crippen LogP contribution in [0.2, 0.25) is 0 Å². The summed E-state index contributed by atoms with van der Waals surface area (Å²) in [7, 11) is 1.65. The lowest BCUT2D eigenvalue weighted by atomic mass is 10.1. The van der Waals surface area contributed by atoms with Crippen molar-refractivity contribution in [2.24, 2.45) is 10.1 Å². The molecule has 0 aliphatic carbocycles. The van der Waals surface area contributed by atoms with E-state index < -0.39 is 0 Å². The van der Waals surface area contributed by atoms with Gasteiger partial charge >= 0.3 is 0 Å². The standard InChI is InChI=1S/C25H26N4O3S/c1-16-12-21(17(2)29(16)13-20-14-31-23-6-4-5-7-24(23)32-20)22-15-33-25(28-27-22)26-18-8-10-19(30-3)11-9-18/h4-12,20H,13-15H2,1-3H3,(H,26,28). The number of hydrogen-bond acceptors (Lipinski definition) is 6. The molecule has 7 nitrogen and oxygen atoms in total. The van der Waals surface area contributed by atoms with Crippen LogP contribution in [0.25, 0.3) is 0 Å². The normalized spacial score (nSPS) is 18.6. The molecule has 33 heavy (non-hydrogen) atoms. The predicted octanol–water partition coefficient (Wildman–Crippen LogP) is 4.68. The molecular weight excluding hydrogens is 436 g/mol. The molecule has 5 rings (SSSR count). The summed E-state index contributed by atoms with van der Waals surface area (Å²) in [6.45, 7) is 5.51. The summed E-state index contributed by atoms with van der Waals surface area (Å²) in [6.07, 6.45) is -0.0402. The van der Waals surface area contributed by atoms with Crippen molar-refractivity contribution in [2.75, 3.05) is 19.5 Å². The number of benzene rings is 2. The number of aromatic nitrogens is 1. The molecule has 2 aliphatic rings. The van der Waals surface area contributed by atoms with Crippen LogP contribution < -0.4 is 19.6 Å². The van der Waals surface area contributed by atoms with Crippen molar-refractivity contribution in [2.45, 2.75) is 26.5 Å². The Labute approximate surface area is 197 Å². The van der Waals surface area contributed by atoms with Gasteiger partial charge in [-0.25, -0.2) is 4.99 Å². The number of hydrogen-bond donors (Lipinski definition) is 1. The van der Waals surface area contributed by atoms with E-state index in [1.165, 1.54) is 11.4 Å². The molecule has 1 unspecified atom stereocenters. The Balaban J connectivity index is 1.29. The maximum absolute atomic E-state index is 6.17. The van der Waals surface area contributed by atoms with E-state index in [1.807, 2.05) is 48.5 Å².